The number of ketones is 1. The molecule has 0 fully saturated rings. The molecule has 0 radical (unpaired) electrons. The molecule has 0 unspecified atom stereocenters. The molecular formula is C19H36O9Si. The first-order valence-corrected chi connectivity index (χ1v) is 12.7. The Balaban J connectivity index is -0.000000443. The zero-order valence-corrected chi connectivity index (χ0v) is 19.3. The highest BCUT2D eigenvalue weighted by molar-refractivity contribution is 6.69. The molecule has 0 aromatic carbocycles. The highest BCUT2D eigenvalue weighted by Crippen LogP contribution is 2.01. The van der Waals surface area contributed by atoms with Gasteiger partial charge >= 0.3 is 12.1 Å². The van der Waals surface area contributed by atoms with Gasteiger partial charge in [-0.3, -0.25) is 9.59 Å². The van der Waals surface area contributed by atoms with Gasteiger partial charge in [-0.25, -0.2) is 0 Å². The molecule has 10 heteroatoms. The van der Waals surface area contributed by atoms with Gasteiger partial charge < -0.3 is 23.4 Å². The second kappa shape index (κ2) is 24.4. The van der Waals surface area contributed by atoms with Crippen LogP contribution in [0.15, 0.2) is 12.7 Å². The third kappa shape index (κ3) is 41.7. The van der Waals surface area contributed by atoms with E-state index in [0.717, 1.165) is 19.8 Å². The minimum Gasteiger partial charge on any atom is -0.461 e. The van der Waals surface area contributed by atoms with Gasteiger partial charge in [0.1, 0.15) is 13.2 Å². The fraction of sp³-hybridized carbons (Fsp3) is 0.737. The molecule has 170 valence electrons. The lowest BCUT2D eigenvalue weighted by Crippen LogP contribution is -2.27. The highest BCUT2D eigenvalue weighted by atomic mass is 28.4. The third-order valence-electron chi connectivity index (χ3n) is 2.46. The van der Waals surface area contributed by atoms with E-state index in [0.29, 0.717) is 19.8 Å². The summed E-state index contributed by atoms with van der Waals surface area (Å²) in [7, 11) is -1.29. The second-order valence-electron chi connectivity index (χ2n) is 6.33. The van der Waals surface area contributed by atoms with Crippen LogP contribution in [0.2, 0.25) is 19.6 Å². The van der Waals surface area contributed by atoms with Gasteiger partial charge in [-0.05, 0) is 33.5 Å². The molecule has 0 spiro atoms. The molecule has 0 N–H and O–H groups in total. The zero-order valence-electron chi connectivity index (χ0n) is 18.3. The molecule has 0 saturated carbocycles. The van der Waals surface area contributed by atoms with E-state index in [1.165, 1.54) is 13.0 Å². The van der Waals surface area contributed by atoms with E-state index in [2.05, 4.69) is 26.2 Å². The molecule has 0 aliphatic heterocycles. The van der Waals surface area contributed by atoms with E-state index in [9.17, 15) is 9.59 Å². The highest BCUT2D eigenvalue weighted by Gasteiger charge is 2.12. The van der Waals surface area contributed by atoms with E-state index in [-0.39, 0.29) is 37.5 Å². The summed E-state index contributed by atoms with van der Waals surface area (Å²) in [5.41, 5.74) is 0. The predicted octanol–water partition coefficient (Wildman–Crippen LogP) is 2.02. The van der Waals surface area contributed by atoms with Gasteiger partial charge in [-0.15, -0.1) is 0 Å². The van der Waals surface area contributed by atoms with E-state index in [1.807, 2.05) is 6.92 Å². The molecule has 0 aliphatic carbocycles. The lowest BCUT2D eigenvalue weighted by molar-refractivity contribution is -0.191. The van der Waals surface area contributed by atoms with Gasteiger partial charge in [-0.2, -0.15) is 9.59 Å². The van der Waals surface area contributed by atoms with Crippen molar-refractivity contribution in [3.05, 3.63) is 12.7 Å². The molecule has 0 saturated heterocycles. The number of rotatable bonds is 15. The Hall–Kier alpha value is -1.68. The number of hydrogen-bond donors (Lipinski definition) is 0. The molecule has 0 aliphatic rings. The van der Waals surface area contributed by atoms with E-state index in [4.69, 9.17) is 33.0 Å². The first-order chi connectivity index (χ1) is 13.6. The summed E-state index contributed by atoms with van der Waals surface area (Å²) in [5.74, 6) is -0.336. The van der Waals surface area contributed by atoms with Crippen molar-refractivity contribution in [3.8, 4) is 0 Å². The molecule has 0 atom stereocenters. The fourth-order valence-electron chi connectivity index (χ4n) is 1.37. The summed E-state index contributed by atoms with van der Waals surface area (Å²) in [5, 5.41) is 0. The lowest BCUT2D eigenvalue weighted by atomic mass is 10.4. The van der Waals surface area contributed by atoms with Gasteiger partial charge in [0.25, 0.3) is 0 Å². The molecule has 0 rings (SSSR count). The molecule has 0 bridgehead atoms. The minimum absolute atomic E-state index is 0.0204. The largest absolute Gasteiger partial charge is 0.461 e. The number of Topliss-reactive ketones (excluding diaryl/α,β-unsaturated/α-hetero) is 1. The molecule has 29 heavy (non-hydrogen) atoms. The van der Waals surface area contributed by atoms with E-state index >= 15 is 0 Å². The summed E-state index contributed by atoms with van der Waals surface area (Å²) in [6.07, 6.45) is 1.97. The molecule has 0 amide bonds. The van der Waals surface area contributed by atoms with Crippen LogP contribution >= 0.6 is 0 Å². The standard InChI is InChI=1S/C11H18O5.C7H18O2Si.CO2/c1-3-5-16-11(13)4-6-14-7-8-15-9-10(2)12;1-5-8-6-7-9-10(2,3)4;2-1-3/h3H,1,4-9H2,2H3;5-7H2,1-4H3;. The van der Waals surface area contributed by atoms with E-state index < -0.39 is 8.32 Å². The SMILES string of the molecule is C=CCOC(=O)CCOCCOCC(C)=O.CCOCCO[Si](C)(C)C.O=C=O. The van der Waals surface area contributed by atoms with Crippen LogP contribution < -0.4 is 0 Å². The zero-order chi connectivity index (χ0) is 23.0. The van der Waals surface area contributed by atoms with Crippen LogP contribution in [0.25, 0.3) is 0 Å². The Kier molecular flexibility index (Phi) is 26.9. The van der Waals surface area contributed by atoms with Crippen LogP contribution in [-0.2, 0) is 42.6 Å². The Labute approximate surface area is 174 Å². The van der Waals surface area contributed by atoms with Crippen molar-refractivity contribution in [2.24, 2.45) is 0 Å². The monoisotopic (exact) mass is 436 g/mol. The minimum atomic E-state index is -1.29. The molecule has 0 aromatic rings. The van der Waals surface area contributed by atoms with Gasteiger partial charge in [0.2, 0.25) is 0 Å². The predicted molar refractivity (Wildman–Crippen MR) is 109 cm³/mol. The maximum absolute atomic E-state index is 11.0. The van der Waals surface area contributed by atoms with Crippen molar-refractivity contribution >= 4 is 26.2 Å². The van der Waals surface area contributed by atoms with Crippen molar-refractivity contribution < 1.29 is 42.6 Å². The van der Waals surface area contributed by atoms with Gasteiger partial charge in [-0.1, -0.05) is 12.7 Å². The van der Waals surface area contributed by atoms with Crippen molar-refractivity contribution in [1.29, 1.82) is 0 Å². The molecule has 0 heterocycles. The Morgan fingerprint density at radius 1 is 0.966 bits per heavy atom. The number of esters is 1. The number of ether oxygens (including phenoxy) is 4. The van der Waals surface area contributed by atoms with Crippen molar-refractivity contribution in [3.63, 3.8) is 0 Å². The normalized spacial score (nSPS) is 9.83. The maximum Gasteiger partial charge on any atom is 0.373 e. The topological polar surface area (TPSA) is 114 Å². The van der Waals surface area contributed by atoms with Crippen molar-refractivity contribution in [2.45, 2.75) is 39.9 Å². The Morgan fingerprint density at radius 3 is 2.00 bits per heavy atom. The third-order valence-corrected chi connectivity index (χ3v) is 3.53. The van der Waals surface area contributed by atoms with Crippen LogP contribution in [0.3, 0.4) is 0 Å². The molecule has 0 aromatic heterocycles. The van der Waals surface area contributed by atoms with Gasteiger partial charge in [0, 0.05) is 6.61 Å². The number of carbonyl (C=O) groups is 2. The van der Waals surface area contributed by atoms with Crippen molar-refractivity contribution in [1.82, 2.24) is 0 Å². The van der Waals surface area contributed by atoms with Gasteiger partial charge in [0.15, 0.2) is 14.1 Å². The van der Waals surface area contributed by atoms with Gasteiger partial charge in [0.05, 0.1) is 39.5 Å². The lowest BCUT2D eigenvalue weighted by Gasteiger charge is -2.16. The van der Waals surface area contributed by atoms with Crippen LogP contribution in [0.5, 0.6) is 0 Å². The summed E-state index contributed by atoms with van der Waals surface area (Å²) >= 11 is 0. The first-order valence-electron chi connectivity index (χ1n) is 9.26. The summed E-state index contributed by atoms with van der Waals surface area (Å²) in [4.78, 5) is 37.7. The molecular weight excluding hydrogens is 400 g/mol. The second-order valence-corrected chi connectivity index (χ2v) is 10.8. The summed E-state index contributed by atoms with van der Waals surface area (Å²) in [6, 6.07) is 0. The Bertz CT molecular complexity index is 441. The van der Waals surface area contributed by atoms with Crippen LogP contribution in [0.4, 0.5) is 0 Å². The summed E-state index contributed by atoms with van der Waals surface area (Å²) in [6.45, 7) is 17.0. The quantitative estimate of drug-likeness (QED) is 0.164. The Morgan fingerprint density at radius 2 is 1.52 bits per heavy atom. The van der Waals surface area contributed by atoms with Crippen LogP contribution in [0.1, 0.15) is 20.3 Å². The average molecular weight is 437 g/mol. The van der Waals surface area contributed by atoms with Crippen LogP contribution in [-0.4, -0.2) is 79.1 Å². The van der Waals surface area contributed by atoms with Crippen molar-refractivity contribution in [2.75, 3.05) is 52.9 Å². The molecule has 9 nitrogen and oxygen atoms in total. The summed E-state index contributed by atoms with van der Waals surface area (Å²) < 4.78 is 25.5. The smallest absolute Gasteiger partial charge is 0.373 e. The number of hydrogen-bond acceptors (Lipinski definition) is 9. The fourth-order valence-corrected chi connectivity index (χ4v) is 2.06. The first kappa shape index (κ1) is 32.0. The van der Waals surface area contributed by atoms with Crippen LogP contribution in [0, 0.1) is 0 Å². The average Bonchev–Trinajstić information content (AvgIpc) is 2.63. The number of carbonyl (C=O) groups excluding carboxylic acids is 4. The van der Waals surface area contributed by atoms with E-state index in [1.54, 1.807) is 0 Å². The maximum atomic E-state index is 11.0.